The number of rotatable bonds is 6. The van der Waals surface area contributed by atoms with Gasteiger partial charge in [0.2, 0.25) is 0 Å². The fraction of sp³-hybridized carbons (Fsp3) is 0. The standard InChI is InChI=1S/C51H32N4S/c1-5-17-33(18-6-1)37-29-30-38(34-19-7-2-8-20-34)48-47(37)40-26-13-15-27-43(40)55(48)44-31-41-39-25-14-16-28-45(39)56-46(41)32-42(44)51-53-49(35-21-9-3-10-22-35)52-50(54-51)36-23-11-4-12-24-36/h1-32H. The van der Waals surface area contributed by atoms with Crippen LogP contribution in [0.3, 0.4) is 0 Å². The average molecular weight is 733 g/mol. The SMILES string of the molecule is c1ccc(-c2nc(-c3ccccc3)nc(-c3cc4sc5ccccc5c4cc3-n3c4ccccc4c4c(-c5ccccc5)ccc(-c5ccccc5)c43)n2)cc1. The van der Waals surface area contributed by atoms with E-state index in [2.05, 4.69) is 162 Å². The van der Waals surface area contributed by atoms with E-state index in [1.807, 2.05) is 36.4 Å². The van der Waals surface area contributed by atoms with E-state index < -0.39 is 0 Å². The third kappa shape index (κ3) is 5.32. The van der Waals surface area contributed by atoms with Gasteiger partial charge in [0.05, 0.1) is 16.7 Å². The molecule has 3 aromatic heterocycles. The fourth-order valence-corrected chi connectivity index (χ4v) is 9.24. The van der Waals surface area contributed by atoms with Crippen molar-refractivity contribution in [2.75, 3.05) is 0 Å². The van der Waals surface area contributed by atoms with E-state index in [0.717, 1.165) is 44.5 Å². The minimum Gasteiger partial charge on any atom is -0.308 e. The highest BCUT2D eigenvalue weighted by atomic mass is 32.1. The maximum absolute atomic E-state index is 5.31. The predicted molar refractivity (Wildman–Crippen MR) is 234 cm³/mol. The first kappa shape index (κ1) is 32.2. The maximum Gasteiger partial charge on any atom is 0.166 e. The van der Waals surface area contributed by atoms with Gasteiger partial charge in [0.15, 0.2) is 17.5 Å². The Bertz CT molecular complexity index is 3170. The Morgan fingerprint density at radius 1 is 0.357 bits per heavy atom. The summed E-state index contributed by atoms with van der Waals surface area (Å²) in [7, 11) is 0. The molecule has 0 atom stereocenters. The van der Waals surface area contributed by atoms with Crippen LogP contribution in [0.15, 0.2) is 194 Å². The van der Waals surface area contributed by atoms with E-state index >= 15 is 0 Å². The van der Waals surface area contributed by atoms with Crippen molar-refractivity contribution < 1.29 is 0 Å². The van der Waals surface area contributed by atoms with Crippen LogP contribution >= 0.6 is 11.3 Å². The zero-order chi connectivity index (χ0) is 37.0. The van der Waals surface area contributed by atoms with Gasteiger partial charge in [-0.3, -0.25) is 0 Å². The highest BCUT2D eigenvalue weighted by Gasteiger charge is 2.24. The van der Waals surface area contributed by atoms with E-state index in [-0.39, 0.29) is 0 Å². The quantitative estimate of drug-likeness (QED) is 0.171. The molecule has 262 valence electrons. The lowest BCUT2D eigenvalue weighted by Crippen LogP contribution is -2.04. The Hall–Kier alpha value is -7.21. The molecule has 0 radical (unpaired) electrons. The summed E-state index contributed by atoms with van der Waals surface area (Å²) in [4.78, 5) is 15.7. The average Bonchev–Trinajstić information content (AvgIpc) is 3.82. The maximum atomic E-state index is 5.31. The predicted octanol–water partition coefficient (Wildman–Crippen LogP) is 13.7. The molecule has 0 fully saturated rings. The van der Waals surface area contributed by atoms with Crippen LogP contribution in [0.1, 0.15) is 0 Å². The van der Waals surface area contributed by atoms with Gasteiger partial charge in [-0.25, -0.2) is 15.0 Å². The second kappa shape index (κ2) is 13.3. The smallest absolute Gasteiger partial charge is 0.166 e. The molecule has 0 bridgehead atoms. The van der Waals surface area contributed by atoms with Crippen LogP contribution in [-0.4, -0.2) is 19.5 Å². The number of aromatic nitrogens is 4. The summed E-state index contributed by atoms with van der Waals surface area (Å²) in [5, 5.41) is 4.84. The molecule has 4 nitrogen and oxygen atoms in total. The van der Waals surface area contributed by atoms with Crippen molar-refractivity contribution in [3.8, 4) is 62.1 Å². The first-order chi connectivity index (χ1) is 27.8. The minimum atomic E-state index is 0.624. The van der Waals surface area contributed by atoms with Crippen molar-refractivity contribution in [2.24, 2.45) is 0 Å². The van der Waals surface area contributed by atoms with Crippen molar-refractivity contribution in [1.82, 2.24) is 19.5 Å². The van der Waals surface area contributed by atoms with Crippen LogP contribution in [0.5, 0.6) is 0 Å². The molecule has 0 spiro atoms. The Labute approximate surface area is 327 Å². The molecule has 3 heterocycles. The second-order valence-corrected chi connectivity index (χ2v) is 15.1. The van der Waals surface area contributed by atoms with E-state index in [4.69, 9.17) is 15.0 Å². The van der Waals surface area contributed by atoms with Gasteiger partial charge >= 0.3 is 0 Å². The molecular formula is C51H32N4S. The normalized spacial score (nSPS) is 11.6. The van der Waals surface area contributed by atoms with Crippen LogP contribution in [0.25, 0.3) is 104 Å². The summed E-state index contributed by atoms with van der Waals surface area (Å²) >= 11 is 1.80. The lowest BCUT2D eigenvalue weighted by atomic mass is 9.94. The highest BCUT2D eigenvalue weighted by molar-refractivity contribution is 7.25. The van der Waals surface area contributed by atoms with Crippen LogP contribution < -0.4 is 0 Å². The zero-order valence-electron chi connectivity index (χ0n) is 30.2. The molecule has 0 amide bonds. The van der Waals surface area contributed by atoms with Gasteiger partial charge in [-0.1, -0.05) is 170 Å². The van der Waals surface area contributed by atoms with Crippen molar-refractivity contribution in [1.29, 1.82) is 0 Å². The molecule has 0 saturated carbocycles. The van der Waals surface area contributed by atoms with E-state index in [9.17, 15) is 0 Å². The molecule has 0 N–H and O–H groups in total. The first-order valence-electron chi connectivity index (χ1n) is 18.8. The molecule has 0 saturated heterocycles. The van der Waals surface area contributed by atoms with Crippen LogP contribution in [-0.2, 0) is 0 Å². The molecule has 0 aliphatic carbocycles. The van der Waals surface area contributed by atoms with Crippen LogP contribution in [0.2, 0.25) is 0 Å². The first-order valence-corrected chi connectivity index (χ1v) is 19.6. The molecule has 11 aromatic rings. The number of benzene rings is 8. The summed E-state index contributed by atoms with van der Waals surface area (Å²) < 4.78 is 4.89. The lowest BCUT2D eigenvalue weighted by Gasteiger charge is -2.17. The number of nitrogens with zero attached hydrogens (tertiary/aromatic N) is 4. The number of para-hydroxylation sites is 1. The summed E-state index contributed by atoms with van der Waals surface area (Å²) in [6.07, 6.45) is 0. The molecule has 0 aliphatic rings. The highest BCUT2D eigenvalue weighted by Crippen LogP contribution is 2.46. The Balaban J connectivity index is 1.31. The molecule has 56 heavy (non-hydrogen) atoms. The van der Waals surface area contributed by atoms with Gasteiger partial charge in [0.25, 0.3) is 0 Å². The summed E-state index contributed by atoms with van der Waals surface area (Å²) in [5.41, 5.74) is 10.8. The van der Waals surface area contributed by atoms with Gasteiger partial charge in [-0.15, -0.1) is 11.3 Å². The van der Waals surface area contributed by atoms with Crippen molar-refractivity contribution in [3.05, 3.63) is 194 Å². The molecule has 11 rings (SSSR count). The molecule has 5 heteroatoms. The topological polar surface area (TPSA) is 43.6 Å². The van der Waals surface area contributed by atoms with Crippen LogP contribution in [0, 0.1) is 0 Å². The van der Waals surface area contributed by atoms with Gasteiger partial charge in [0.1, 0.15) is 0 Å². The Morgan fingerprint density at radius 3 is 1.50 bits per heavy atom. The van der Waals surface area contributed by atoms with Gasteiger partial charge in [-0.05, 0) is 41.0 Å². The van der Waals surface area contributed by atoms with E-state index in [1.165, 1.54) is 42.1 Å². The number of fused-ring (bicyclic) bond motifs is 6. The van der Waals surface area contributed by atoms with Crippen molar-refractivity contribution in [3.63, 3.8) is 0 Å². The second-order valence-electron chi connectivity index (χ2n) is 14.0. The van der Waals surface area contributed by atoms with E-state index in [0.29, 0.717) is 17.5 Å². The summed E-state index contributed by atoms with van der Waals surface area (Å²) in [5.74, 6) is 1.89. The Morgan fingerprint density at radius 2 is 0.857 bits per heavy atom. The third-order valence-electron chi connectivity index (χ3n) is 10.7. The van der Waals surface area contributed by atoms with Gasteiger partial charge < -0.3 is 4.57 Å². The van der Waals surface area contributed by atoms with Crippen LogP contribution in [0.4, 0.5) is 0 Å². The van der Waals surface area contributed by atoms with Gasteiger partial charge in [-0.2, -0.15) is 0 Å². The molecule has 0 unspecified atom stereocenters. The Kier molecular flexibility index (Phi) is 7.64. The number of thiophene rings is 1. The summed E-state index contributed by atoms with van der Waals surface area (Å²) in [6, 6.07) is 68.6. The molecular weight excluding hydrogens is 701 g/mol. The zero-order valence-corrected chi connectivity index (χ0v) is 31.0. The minimum absolute atomic E-state index is 0.624. The van der Waals surface area contributed by atoms with Crippen molar-refractivity contribution in [2.45, 2.75) is 0 Å². The summed E-state index contributed by atoms with van der Waals surface area (Å²) in [6.45, 7) is 0. The largest absolute Gasteiger partial charge is 0.308 e. The van der Waals surface area contributed by atoms with Crippen molar-refractivity contribution >= 4 is 53.3 Å². The number of hydrogen-bond donors (Lipinski definition) is 0. The van der Waals surface area contributed by atoms with Gasteiger partial charge in [0, 0.05) is 53.2 Å². The molecule has 8 aromatic carbocycles. The fourth-order valence-electron chi connectivity index (χ4n) is 8.11. The van der Waals surface area contributed by atoms with E-state index in [1.54, 1.807) is 11.3 Å². The number of hydrogen-bond acceptors (Lipinski definition) is 4. The third-order valence-corrected chi connectivity index (χ3v) is 11.8. The monoisotopic (exact) mass is 732 g/mol. The lowest BCUT2D eigenvalue weighted by molar-refractivity contribution is 1.07. The molecule has 0 aliphatic heterocycles.